The van der Waals surface area contributed by atoms with Crippen molar-refractivity contribution in [3.05, 3.63) is 0 Å². The smallest absolute Gasteiger partial charge is 0.321 e. The summed E-state index contributed by atoms with van der Waals surface area (Å²) in [5, 5.41) is 4.54. The zero-order chi connectivity index (χ0) is 12.8. The lowest BCUT2D eigenvalue weighted by Crippen LogP contribution is -2.52. The molecular weight excluding hydrogens is 224 g/mol. The number of urea groups is 1. The largest absolute Gasteiger partial charge is 0.374 e. The van der Waals surface area contributed by atoms with Crippen LogP contribution in [-0.4, -0.2) is 62.3 Å². The van der Waals surface area contributed by atoms with E-state index < -0.39 is 6.03 Å². The van der Waals surface area contributed by atoms with E-state index in [2.05, 4.69) is 10.6 Å². The van der Waals surface area contributed by atoms with Crippen LogP contribution in [0.25, 0.3) is 0 Å². The van der Waals surface area contributed by atoms with E-state index in [9.17, 15) is 9.59 Å². The first kappa shape index (κ1) is 13.9. The van der Waals surface area contributed by atoms with E-state index in [-0.39, 0.29) is 24.6 Å². The number of nitrogens with zero attached hydrogens (tertiary/aromatic N) is 1. The van der Waals surface area contributed by atoms with Gasteiger partial charge in [-0.2, -0.15) is 0 Å². The Balaban J connectivity index is 2.35. The number of carbonyl (C=O) groups is 2. The molecule has 1 rings (SSSR count). The van der Waals surface area contributed by atoms with Crippen LogP contribution >= 0.6 is 0 Å². The first-order valence-corrected chi connectivity index (χ1v) is 5.64. The number of ether oxygens (including phenoxy) is 1. The maximum atomic E-state index is 11.5. The quantitative estimate of drug-likeness (QED) is 0.561. The van der Waals surface area contributed by atoms with Crippen LogP contribution in [0.1, 0.15) is 6.92 Å². The molecular formula is C10H20N4O3. The van der Waals surface area contributed by atoms with Crippen LogP contribution in [0.3, 0.4) is 0 Å². The van der Waals surface area contributed by atoms with Crippen LogP contribution in [0.2, 0.25) is 0 Å². The second-order valence-electron chi connectivity index (χ2n) is 4.13. The lowest BCUT2D eigenvalue weighted by molar-refractivity contribution is -0.123. The third-order valence-electron chi connectivity index (χ3n) is 2.61. The molecule has 0 spiro atoms. The molecule has 0 saturated carbocycles. The second kappa shape index (κ2) is 6.53. The zero-order valence-corrected chi connectivity index (χ0v) is 10.2. The number of nitrogens with two attached hydrogens (primary N) is 1. The molecule has 2 unspecified atom stereocenters. The maximum absolute atomic E-state index is 11.5. The molecule has 98 valence electrons. The normalized spacial score (nSPS) is 22.9. The van der Waals surface area contributed by atoms with Gasteiger partial charge in [-0.05, 0) is 6.92 Å². The standard InChI is InChI=1S/C10H20N4O3/c1-7(11)8-5-14(3-4-17-8)6-9(15)13-10(16)12-2/h7-8H,3-6,11H2,1-2H3,(H2,12,13,15,16). The zero-order valence-electron chi connectivity index (χ0n) is 10.2. The maximum Gasteiger partial charge on any atom is 0.321 e. The van der Waals surface area contributed by atoms with Gasteiger partial charge in [0.25, 0.3) is 0 Å². The van der Waals surface area contributed by atoms with Crippen LogP contribution in [-0.2, 0) is 9.53 Å². The molecule has 1 heterocycles. The van der Waals surface area contributed by atoms with E-state index in [0.29, 0.717) is 19.7 Å². The highest BCUT2D eigenvalue weighted by Crippen LogP contribution is 2.07. The lowest BCUT2D eigenvalue weighted by atomic mass is 10.1. The summed E-state index contributed by atoms with van der Waals surface area (Å²) in [7, 11) is 1.46. The number of imide groups is 1. The predicted octanol–water partition coefficient (Wildman–Crippen LogP) is -1.51. The molecule has 17 heavy (non-hydrogen) atoms. The fourth-order valence-electron chi connectivity index (χ4n) is 1.63. The molecule has 0 bridgehead atoms. The van der Waals surface area contributed by atoms with E-state index in [1.54, 1.807) is 0 Å². The summed E-state index contributed by atoms with van der Waals surface area (Å²) >= 11 is 0. The van der Waals surface area contributed by atoms with Crippen molar-refractivity contribution >= 4 is 11.9 Å². The highest BCUT2D eigenvalue weighted by atomic mass is 16.5. The summed E-state index contributed by atoms with van der Waals surface area (Å²) in [4.78, 5) is 24.3. The van der Waals surface area contributed by atoms with Crippen LogP contribution < -0.4 is 16.4 Å². The molecule has 1 saturated heterocycles. The molecule has 4 N–H and O–H groups in total. The number of hydrogen-bond acceptors (Lipinski definition) is 5. The van der Waals surface area contributed by atoms with Gasteiger partial charge in [0.05, 0.1) is 19.3 Å². The van der Waals surface area contributed by atoms with Crippen molar-refractivity contribution in [1.82, 2.24) is 15.5 Å². The second-order valence-corrected chi connectivity index (χ2v) is 4.13. The van der Waals surface area contributed by atoms with Crippen molar-refractivity contribution in [1.29, 1.82) is 0 Å². The minimum absolute atomic E-state index is 0.0587. The molecule has 0 radical (unpaired) electrons. The number of nitrogens with one attached hydrogen (secondary N) is 2. The fraction of sp³-hybridized carbons (Fsp3) is 0.800. The number of morpholine rings is 1. The van der Waals surface area contributed by atoms with Gasteiger partial charge >= 0.3 is 6.03 Å². The SMILES string of the molecule is CNC(=O)NC(=O)CN1CCOC(C(C)N)C1. The van der Waals surface area contributed by atoms with E-state index in [1.165, 1.54) is 7.05 Å². The molecule has 1 fully saturated rings. The van der Waals surface area contributed by atoms with Gasteiger partial charge in [0.1, 0.15) is 0 Å². The van der Waals surface area contributed by atoms with Gasteiger partial charge in [0.2, 0.25) is 5.91 Å². The molecule has 0 aromatic heterocycles. The van der Waals surface area contributed by atoms with Gasteiger partial charge in [-0.15, -0.1) is 0 Å². The number of rotatable bonds is 3. The summed E-state index contributed by atoms with van der Waals surface area (Å²) in [5.41, 5.74) is 5.75. The molecule has 7 nitrogen and oxygen atoms in total. The Morgan fingerprint density at radius 2 is 2.29 bits per heavy atom. The Morgan fingerprint density at radius 3 is 2.88 bits per heavy atom. The molecule has 7 heteroatoms. The third kappa shape index (κ3) is 4.68. The number of amides is 3. The van der Waals surface area contributed by atoms with Gasteiger partial charge in [0.15, 0.2) is 0 Å². The van der Waals surface area contributed by atoms with E-state index in [4.69, 9.17) is 10.5 Å². The topological polar surface area (TPSA) is 96.7 Å². The monoisotopic (exact) mass is 244 g/mol. The molecule has 0 aliphatic carbocycles. The minimum Gasteiger partial charge on any atom is -0.374 e. The van der Waals surface area contributed by atoms with Crippen molar-refractivity contribution in [3.8, 4) is 0 Å². The van der Waals surface area contributed by atoms with Gasteiger partial charge in [-0.1, -0.05) is 0 Å². The summed E-state index contributed by atoms with van der Waals surface area (Å²) in [6, 6.07) is -0.563. The van der Waals surface area contributed by atoms with Crippen LogP contribution in [0.5, 0.6) is 0 Å². The highest BCUT2D eigenvalue weighted by Gasteiger charge is 2.24. The van der Waals surface area contributed by atoms with Crippen molar-refractivity contribution in [2.24, 2.45) is 5.73 Å². The Labute approximate surface area is 101 Å². The molecule has 2 atom stereocenters. The Bertz CT molecular complexity index is 283. The molecule has 1 aliphatic heterocycles. The van der Waals surface area contributed by atoms with Crippen LogP contribution in [0.15, 0.2) is 0 Å². The Morgan fingerprint density at radius 1 is 1.59 bits per heavy atom. The summed E-state index contributed by atoms with van der Waals surface area (Å²) in [5.74, 6) is -0.324. The van der Waals surface area contributed by atoms with Crippen molar-refractivity contribution in [3.63, 3.8) is 0 Å². The van der Waals surface area contributed by atoms with Crippen LogP contribution in [0.4, 0.5) is 4.79 Å². The lowest BCUT2D eigenvalue weighted by Gasteiger charge is -2.34. The number of hydrogen-bond donors (Lipinski definition) is 3. The average Bonchev–Trinajstić information content (AvgIpc) is 2.28. The molecule has 0 aromatic carbocycles. The first-order chi connectivity index (χ1) is 8.02. The molecule has 1 aliphatic rings. The van der Waals surface area contributed by atoms with Gasteiger partial charge < -0.3 is 15.8 Å². The summed E-state index contributed by atoms with van der Waals surface area (Å²) in [6.45, 7) is 3.89. The van der Waals surface area contributed by atoms with Crippen molar-refractivity contribution < 1.29 is 14.3 Å². The van der Waals surface area contributed by atoms with Gasteiger partial charge in [0, 0.05) is 26.2 Å². The van der Waals surface area contributed by atoms with Crippen molar-refractivity contribution in [2.45, 2.75) is 19.1 Å². The van der Waals surface area contributed by atoms with Gasteiger partial charge in [-0.3, -0.25) is 15.0 Å². The molecule has 0 aromatic rings. The Kier molecular flexibility index (Phi) is 5.33. The number of carbonyl (C=O) groups excluding carboxylic acids is 2. The third-order valence-corrected chi connectivity index (χ3v) is 2.61. The first-order valence-electron chi connectivity index (χ1n) is 5.64. The summed E-state index contributed by atoms with van der Waals surface area (Å²) in [6.07, 6.45) is -0.0587. The highest BCUT2D eigenvalue weighted by molar-refractivity contribution is 5.95. The van der Waals surface area contributed by atoms with E-state index in [0.717, 1.165) is 0 Å². The minimum atomic E-state index is -0.494. The Hall–Kier alpha value is -1.18. The fourth-order valence-corrected chi connectivity index (χ4v) is 1.63. The summed E-state index contributed by atoms with van der Waals surface area (Å²) < 4.78 is 5.48. The van der Waals surface area contributed by atoms with Crippen LogP contribution in [0, 0.1) is 0 Å². The van der Waals surface area contributed by atoms with Gasteiger partial charge in [-0.25, -0.2) is 4.79 Å². The van der Waals surface area contributed by atoms with E-state index in [1.807, 2.05) is 11.8 Å². The van der Waals surface area contributed by atoms with Crippen molar-refractivity contribution in [2.75, 3.05) is 33.3 Å². The average molecular weight is 244 g/mol. The molecule has 3 amide bonds. The predicted molar refractivity (Wildman–Crippen MR) is 62.4 cm³/mol. The van der Waals surface area contributed by atoms with E-state index >= 15 is 0 Å².